The minimum atomic E-state index is -1.80. The summed E-state index contributed by atoms with van der Waals surface area (Å²) in [6.45, 7) is 2.46. The van der Waals surface area contributed by atoms with Gasteiger partial charge in [0, 0.05) is 13.5 Å². The van der Waals surface area contributed by atoms with Crippen molar-refractivity contribution in [3.63, 3.8) is 0 Å². The fourth-order valence-electron chi connectivity index (χ4n) is 5.92. The highest BCUT2D eigenvalue weighted by Crippen LogP contribution is 2.30. The molecule has 0 saturated carbocycles. The first kappa shape index (κ1) is 43.2. The second-order valence-corrected chi connectivity index (χ2v) is 13.1. The molecule has 11 unspecified atom stereocenters. The third-order valence-electron chi connectivity index (χ3n) is 8.89. The number of aliphatic hydroxyl groups excluding tert-OH is 7. The van der Waals surface area contributed by atoms with Crippen LogP contribution in [0.3, 0.4) is 0 Å². The molecule has 7 N–H and O–H groups in total. The van der Waals surface area contributed by atoms with Gasteiger partial charge in [-0.05, 0) is 6.42 Å². The molecule has 0 amide bonds. The Labute approximate surface area is 285 Å². The number of carbonyl (C=O) groups excluding carboxylic acids is 1. The molecule has 11 atom stereocenters. The second-order valence-electron chi connectivity index (χ2n) is 13.1. The third-order valence-corrected chi connectivity index (χ3v) is 8.89. The maximum absolute atomic E-state index is 11.2. The molecule has 2 heterocycles. The van der Waals surface area contributed by atoms with E-state index in [9.17, 15) is 40.5 Å². The van der Waals surface area contributed by atoms with Gasteiger partial charge in [0.15, 0.2) is 12.6 Å². The summed E-state index contributed by atoms with van der Waals surface area (Å²) < 4.78 is 32.5. The van der Waals surface area contributed by atoms with E-state index in [1.807, 2.05) is 0 Å². The van der Waals surface area contributed by atoms with Crippen molar-refractivity contribution >= 4 is 5.97 Å². The van der Waals surface area contributed by atoms with Crippen LogP contribution in [0.5, 0.6) is 0 Å². The number of esters is 1. The number of hydrogen-bond acceptors (Lipinski definition) is 14. The van der Waals surface area contributed by atoms with Crippen molar-refractivity contribution in [1.82, 2.24) is 0 Å². The Morgan fingerprint density at radius 3 is 1.75 bits per heavy atom. The van der Waals surface area contributed by atoms with E-state index in [1.165, 1.54) is 77.0 Å². The highest BCUT2D eigenvalue weighted by Gasteiger charge is 2.51. The predicted octanol–water partition coefficient (Wildman–Crippen LogP) is 1.45. The van der Waals surface area contributed by atoms with E-state index in [4.69, 9.17) is 28.4 Å². The van der Waals surface area contributed by atoms with Crippen LogP contribution in [-0.2, 0) is 33.2 Å². The first-order valence-electron chi connectivity index (χ1n) is 18.1. The van der Waals surface area contributed by atoms with Crippen molar-refractivity contribution in [3.8, 4) is 0 Å². The van der Waals surface area contributed by atoms with Crippen LogP contribution < -0.4 is 0 Å². The molecule has 284 valence electrons. The predicted molar refractivity (Wildman–Crippen MR) is 174 cm³/mol. The summed E-state index contributed by atoms with van der Waals surface area (Å²) >= 11 is 0. The molecule has 2 aliphatic heterocycles. The van der Waals surface area contributed by atoms with Crippen molar-refractivity contribution in [2.24, 2.45) is 0 Å². The zero-order valence-electron chi connectivity index (χ0n) is 29.0. The van der Waals surface area contributed by atoms with Crippen LogP contribution in [0.15, 0.2) is 0 Å². The average molecular weight is 697 g/mol. The molecule has 0 spiro atoms. The molecule has 0 aromatic carbocycles. The van der Waals surface area contributed by atoms with E-state index in [0.29, 0.717) is 6.61 Å². The van der Waals surface area contributed by atoms with Gasteiger partial charge in [-0.3, -0.25) is 4.79 Å². The summed E-state index contributed by atoms with van der Waals surface area (Å²) in [7, 11) is 0. The maximum atomic E-state index is 11.2. The molecule has 48 heavy (non-hydrogen) atoms. The van der Waals surface area contributed by atoms with Crippen LogP contribution in [-0.4, -0.2) is 142 Å². The smallest absolute Gasteiger partial charge is 0.302 e. The normalized spacial score (nSPS) is 31.5. The van der Waals surface area contributed by atoms with Gasteiger partial charge in [0.05, 0.1) is 19.8 Å². The Morgan fingerprint density at radius 1 is 0.667 bits per heavy atom. The third kappa shape index (κ3) is 15.9. The molecule has 0 aliphatic carbocycles. The van der Waals surface area contributed by atoms with Crippen LogP contribution >= 0.6 is 0 Å². The molecule has 2 rings (SSSR count). The molecule has 0 radical (unpaired) electrons. The molecule has 14 heteroatoms. The van der Waals surface area contributed by atoms with Crippen LogP contribution in [0.25, 0.3) is 0 Å². The van der Waals surface area contributed by atoms with Gasteiger partial charge < -0.3 is 64.2 Å². The number of unbranched alkanes of at least 4 members (excludes halogenated alkanes) is 14. The maximum Gasteiger partial charge on any atom is 0.302 e. The van der Waals surface area contributed by atoms with Crippen molar-refractivity contribution in [3.05, 3.63) is 0 Å². The highest BCUT2D eigenvalue weighted by atomic mass is 16.7. The summed E-state index contributed by atoms with van der Waals surface area (Å²) in [5.41, 5.74) is 0. The van der Waals surface area contributed by atoms with Crippen LogP contribution in [0.1, 0.15) is 110 Å². The van der Waals surface area contributed by atoms with Crippen molar-refractivity contribution < 1.29 is 69.0 Å². The molecule has 2 aliphatic rings. The number of hydrogen-bond donors (Lipinski definition) is 7. The summed E-state index contributed by atoms with van der Waals surface area (Å²) in [5, 5.41) is 72.5. The van der Waals surface area contributed by atoms with Crippen molar-refractivity contribution in [1.29, 1.82) is 0 Å². The van der Waals surface area contributed by atoms with Gasteiger partial charge in [-0.2, -0.15) is 0 Å². The molecule has 2 fully saturated rings. The molecule has 0 aromatic heterocycles. The highest BCUT2D eigenvalue weighted by molar-refractivity contribution is 5.65. The van der Waals surface area contributed by atoms with Gasteiger partial charge in [0.25, 0.3) is 0 Å². The largest absolute Gasteiger partial charge is 0.463 e. The average Bonchev–Trinajstić information content (AvgIpc) is 3.07. The topological polar surface area (TPSA) is 214 Å². The minimum absolute atomic E-state index is 0.000551. The SMILES string of the molecule is CCCCCCCCCCCCCCCCCOCC(O)COC1OC(CO)C(O)C(OC2OC(COC(C)=O)C(O)C(O)C2O)C1O. The Kier molecular flexibility index (Phi) is 22.5. The summed E-state index contributed by atoms with van der Waals surface area (Å²) in [4.78, 5) is 11.2. The lowest BCUT2D eigenvalue weighted by Crippen LogP contribution is -2.65. The number of rotatable bonds is 26. The quantitative estimate of drug-likeness (QED) is 0.0504. The number of ether oxygens (including phenoxy) is 6. The molecular formula is C34H64O14. The number of aliphatic hydroxyl groups is 7. The van der Waals surface area contributed by atoms with E-state index >= 15 is 0 Å². The van der Waals surface area contributed by atoms with Crippen molar-refractivity contribution in [2.45, 2.75) is 178 Å². The molecule has 14 nitrogen and oxygen atoms in total. The zero-order chi connectivity index (χ0) is 35.3. The van der Waals surface area contributed by atoms with Gasteiger partial charge in [-0.15, -0.1) is 0 Å². The van der Waals surface area contributed by atoms with Gasteiger partial charge >= 0.3 is 5.97 Å². The molecule has 2 saturated heterocycles. The van der Waals surface area contributed by atoms with E-state index in [-0.39, 0.29) is 13.2 Å². The second kappa shape index (κ2) is 25.0. The Morgan fingerprint density at radius 2 is 1.21 bits per heavy atom. The Bertz CT molecular complexity index is 821. The lowest BCUT2D eigenvalue weighted by atomic mass is 9.97. The summed E-state index contributed by atoms with van der Waals surface area (Å²) in [6.07, 6.45) is 2.33. The Hall–Kier alpha value is -1.01. The minimum Gasteiger partial charge on any atom is -0.463 e. The molecule has 0 bridgehead atoms. The molecular weight excluding hydrogens is 632 g/mol. The lowest BCUT2D eigenvalue weighted by molar-refractivity contribution is -0.361. The number of carbonyl (C=O) groups is 1. The molecule has 0 aromatic rings. The fourth-order valence-corrected chi connectivity index (χ4v) is 5.92. The Balaban J connectivity index is 1.63. The summed E-state index contributed by atoms with van der Waals surface area (Å²) in [5.74, 6) is -0.664. The van der Waals surface area contributed by atoms with Gasteiger partial charge in [0.2, 0.25) is 0 Å². The lowest BCUT2D eigenvalue weighted by Gasteiger charge is -2.46. The van der Waals surface area contributed by atoms with E-state index in [1.54, 1.807) is 0 Å². The summed E-state index contributed by atoms with van der Waals surface area (Å²) in [6, 6.07) is 0. The van der Waals surface area contributed by atoms with Crippen LogP contribution in [0.2, 0.25) is 0 Å². The first-order chi connectivity index (χ1) is 23.1. The fraction of sp³-hybridized carbons (Fsp3) is 0.971. The first-order valence-corrected chi connectivity index (χ1v) is 18.1. The van der Waals surface area contributed by atoms with Gasteiger partial charge in [0.1, 0.15) is 61.5 Å². The van der Waals surface area contributed by atoms with E-state index in [0.717, 1.165) is 26.2 Å². The monoisotopic (exact) mass is 696 g/mol. The standard InChI is InChI=1S/C34H64O14/c1-3-4-5-6-7-8-9-10-11-12-13-14-15-16-17-18-43-20-24(37)21-45-33-31(42)32(28(39)25(19-35)46-33)48-34-30(41)29(40)27(38)26(47-34)22-44-23(2)36/h24-35,37-42H,3-22H2,1-2H3. The zero-order valence-corrected chi connectivity index (χ0v) is 29.0. The van der Waals surface area contributed by atoms with Crippen molar-refractivity contribution in [2.75, 3.05) is 33.0 Å². The van der Waals surface area contributed by atoms with Crippen LogP contribution in [0.4, 0.5) is 0 Å². The van der Waals surface area contributed by atoms with Crippen LogP contribution in [0, 0.1) is 0 Å². The van der Waals surface area contributed by atoms with Gasteiger partial charge in [-0.25, -0.2) is 0 Å². The van der Waals surface area contributed by atoms with E-state index in [2.05, 4.69) is 6.92 Å². The van der Waals surface area contributed by atoms with E-state index < -0.39 is 86.7 Å². The van der Waals surface area contributed by atoms with Gasteiger partial charge in [-0.1, -0.05) is 96.8 Å².